The van der Waals surface area contributed by atoms with Gasteiger partial charge in [0, 0.05) is 55.4 Å². The molecule has 2 aromatic heterocycles. The van der Waals surface area contributed by atoms with Gasteiger partial charge >= 0.3 is 6.01 Å². The van der Waals surface area contributed by atoms with Crippen molar-refractivity contribution in [3.05, 3.63) is 47.2 Å². The minimum absolute atomic E-state index is 0.0835. The van der Waals surface area contributed by atoms with Gasteiger partial charge in [-0.05, 0) is 82.7 Å². The van der Waals surface area contributed by atoms with Crippen molar-refractivity contribution in [1.29, 1.82) is 0 Å². The molecular weight excluding hydrogens is 541 g/mol. The van der Waals surface area contributed by atoms with Crippen LogP contribution in [0.4, 0.5) is 16.2 Å². The van der Waals surface area contributed by atoms with Gasteiger partial charge in [-0.2, -0.15) is 9.97 Å². The van der Waals surface area contributed by atoms with Crippen molar-refractivity contribution < 1.29 is 13.3 Å². The molecule has 0 amide bonds. The summed E-state index contributed by atoms with van der Waals surface area (Å²) in [5.74, 6) is 6.90. The number of hydrogen-bond donors (Lipinski definition) is 1. The maximum absolute atomic E-state index is 14.5. The predicted octanol–water partition coefficient (Wildman–Crippen LogP) is 3.32. The number of nitrogens with zero attached hydrogens (tertiary/aromatic N) is 6. The van der Waals surface area contributed by atoms with Crippen LogP contribution in [0.25, 0.3) is 11.1 Å². The maximum atomic E-state index is 14.5. The predicted molar refractivity (Wildman–Crippen MR) is 158 cm³/mol. The van der Waals surface area contributed by atoms with Crippen molar-refractivity contribution in [1.82, 2.24) is 19.9 Å². The molecule has 41 heavy (non-hydrogen) atoms. The Balaban J connectivity index is 1.05. The number of rotatable bonds is 7. The summed E-state index contributed by atoms with van der Waals surface area (Å²) in [6, 6.07) is 3.46. The largest absolute Gasteiger partial charge is 0.421 e. The molecule has 214 valence electrons. The van der Waals surface area contributed by atoms with Gasteiger partial charge < -0.3 is 20.3 Å². The Hall–Kier alpha value is -3.31. The molecule has 8 rings (SSSR count). The summed E-state index contributed by atoms with van der Waals surface area (Å²) in [6.07, 6.45) is 8.45. The van der Waals surface area contributed by atoms with Crippen molar-refractivity contribution in [2.45, 2.75) is 50.3 Å². The molecule has 3 aliphatic carbocycles. The summed E-state index contributed by atoms with van der Waals surface area (Å²) >= 11 is 0. The zero-order valence-corrected chi connectivity index (χ0v) is 24.0. The second-order valence-electron chi connectivity index (χ2n) is 12.8. The SMILES string of the molecule is C=S(=O)(CC1CC1)C1CN(c2ncc(Oc3nc4c(c(N5C[C@H](N)C6(CC6)C5)n3)-c3cc(F)cc(C)c3C4)cn2)C1. The summed E-state index contributed by atoms with van der Waals surface area (Å²) in [5, 5.41) is 0.0931. The molecule has 0 bridgehead atoms. The number of nitrogens with two attached hydrogens (primary N) is 1. The Bertz CT molecular complexity index is 1670. The average molecular weight is 576 g/mol. The standard InChI is InChI=1S/C30H34FN7O2S/c1-17-7-19(31)8-23-22(17)9-24-26(23)27(38-14-25(32)30(16-38)5-6-30)36-29(35-24)40-20-10-33-28(34-11-20)37-12-21(13-37)41(2,39)15-18-3-4-18/h7-8,10-11,18,21,25H,2-6,9,12-16,32H2,1H3/t25-,41?/m0/s1. The van der Waals surface area contributed by atoms with E-state index in [1.807, 2.05) is 11.8 Å². The van der Waals surface area contributed by atoms with Crippen LogP contribution >= 0.6 is 0 Å². The number of ether oxygens (including phenoxy) is 1. The number of aromatic nitrogens is 4. The molecule has 1 unspecified atom stereocenters. The Morgan fingerprint density at radius 3 is 2.59 bits per heavy atom. The molecule has 2 saturated carbocycles. The van der Waals surface area contributed by atoms with Gasteiger partial charge in [-0.25, -0.2) is 14.4 Å². The minimum Gasteiger partial charge on any atom is -0.421 e. The molecule has 4 fully saturated rings. The van der Waals surface area contributed by atoms with Gasteiger partial charge in [0.2, 0.25) is 5.95 Å². The van der Waals surface area contributed by atoms with Crippen LogP contribution in [0.1, 0.15) is 42.5 Å². The van der Waals surface area contributed by atoms with Crippen LogP contribution in [0.5, 0.6) is 11.8 Å². The molecule has 3 aromatic rings. The molecule has 4 heterocycles. The van der Waals surface area contributed by atoms with Crippen LogP contribution in [0.3, 0.4) is 0 Å². The molecule has 1 aromatic carbocycles. The van der Waals surface area contributed by atoms with E-state index in [0.717, 1.165) is 58.9 Å². The fourth-order valence-electron chi connectivity index (χ4n) is 6.72. The molecule has 0 radical (unpaired) electrons. The topological polar surface area (TPSA) is 110 Å². The summed E-state index contributed by atoms with van der Waals surface area (Å²) in [5.41, 5.74) is 11.2. The van der Waals surface area contributed by atoms with Crippen molar-refractivity contribution in [3.63, 3.8) is 0 Å². The first-order valence-corrected chi connectivity index (χ1v) is 16.4. The normalized spacial score (nSPS) is 23.7. The maximum Gasteiger partial charge on any atom is 0.324 e. The van der Waals surface area contributed by atoms with E-state index in [1.165, 1.54) is 12.8 Å². The van der Waals surface area contributed by atoms with Gasteiger partial charge in [0.25, 0.3) is 0 Å². The minimum atomic E-state index is -2.07. The zero-order chi connectivity index (χ0) is 28.1. The number of aryl methyl sites for hydroxylation is 1. The van der Waals surface area contributed by atoms with Gasteiger partial charge in [-0.15, -0.1) is 0 Å². The zero-order valence-electron chi connectivity index (χ0n) is 23.2. The summed E-state index contributed by atoms with van der Waals surface area (Å²) in [4.78, 5) is 22.9. The van der Waals surface area contributed by atoms with Gasteiger partial charge in [-0.1, -0.05) is 0 Å². The second-order valence-corrected chi connectivity index (χ2v) is 15.5. The lowest BCUT2D eigenvalue weighted by molar-refractivity contribution is 0.435. The third-order valence-corrected chi connectivity index (χ3v) is 12.2. The van der Waals surface area contributed by atoms with E-state index in [9.17, 15) is 8.60 Å². The van der Waals surface area contributed by atoms with Crippen molar-refractivity contribution in [2.75, 3.05) is 41.7 Å². The Labute approximate surface area is 239 Å². The second kappa shape index (κ2) is 8.84. The van der Waals surface area contributed by atoms with Crippen LogP contribution in [-0.4, -0.2) is 73.2 Å². The Kier molecular flexibility index (Phi) is 5.48. The number of benzene rings is 1. The first-order chi connectivity index (χ1) is 19.7. The first kappa shape index (κ1) is 25.4. The van der Waals surface area contributed by atoms with Gasteiger partial charge in [0.15, 0.2) is 5.75 Å². The van der Waals surface area contributed by atoms with Crippen LogP contribution < -0.4 is 20.3 Å². The van der Waals surface area contributed by atoms with Gasteiger partial charge in [-0.3, -0.25) is 4.21 Å². The highest BCUT2D eigenvalue weighted by Gasteiger charge is 2.54. The molecule has 11 heteroatoms. The summed E-state index contributed by atoms with van der Waals surface area (Å²) in [6.45, 7) is 4.78. The van der Waals surface area contributed by atoms with Crippen LogP contribution in [0, 0.1) is 24.1 Å². The molecule has 9 nitrogen and oxygen atoms in total. The number of halogens is 1. The highest BCUT2D eigenvalue weighted by Crippen LogP contribution is 2.54. The lowest BCUT2D eigenvalue weighted by Crippen LogP contribution is -2.56. The van der Waals surface area contributed by atoms with E-state index in [4.69, 9.17) is 20.4 Å². The molecule has 5 aliphatic rings. The third kappa shape index (κ3) is 4.35. The molecular formula is C30H34FN7O2S. The lowest BCUT2D eigenvalue weighted by atomic mass is 10.0. The molecule has 2 N–H and O–H groups in total. The first-order valence-electron chi connectivity index (χ1n) is 14.5. The quantitative estimate of drug-likeness (QED) is 0.332. The smallest absolute Gasteiger partial charge is 0.324 e. The van der Waals surface area contributed by atoms with E-state index in [2.05, 4.69) is 20.7 Å². The Morgan fingerprint density at radius 2 is 1.90 bits per heavy atom. The number of anilines is 2. The monoisotopic (exact) mass is 575 g/mol. The van der Waals surface area contributed by atoms with Crippen LogP contribution in [0.2, 0.25) is 0 Å². The number of fused-ring (bicyclic) bond motifs is 3. The molecule has 1 spiro atoms. The molecule has 2 atom stereocenters. The van der Waals surface area contributed by atoms with Gasteiger partial charge in [0.05, 0.1) is 23.3 Å². The lowest BCUT2D eigenvalue weighted by Gasteiger charge is -2.40. The summed E-state index contributed by atoms with van der Waals surface area (Å²) < 4.78 is 33.6. The molecule has 2 saturated heterocycles. The van der Waals surface area contributed by atoms with E-state index in [1.54, 1.807) is 24.5 Å². The van der Waals surface area contributed by atoms with Crippen LogP contribution in [-0.2, 0) is 15.9 Å². The van der Waals surface area contributed by atoms with Crippen LogP contribution in [0.15, 0.2) is 24.5 Å². The van der Waals surface area contributed by atoms with Crippen molar-refractivity contribution in [2.24, 2.45) is 17.1 Å². The van der Waals surface area contributed by atoms with E-state index >= 15 is 0 Å². The highest BCUT2D eigenvalue weighted by atomic mass is 32.2. The van der Waals surface area contributed by atoms with Crippen molar-refractivity contribution >= 4 is 27.2 Å². The average Bonchev–Trinajstić information content (AvgIpc) is 3.80. The van der Waals surface area contributed by atoms with E-state index in [0.29, 0.717) is 43.7 Å². The summed E-state index contributed by atoms with van der Waals surface area (Å²) in [7, 11) is -2.07. The highest BCUT2D eigenvalue weighted by molar-refractivity contribution is 8.01. The molecule has 2 aliphatic heterocycles. The third-order valence-electron chi connectivity index (χ3n) is 9.67. The van der Waals surface area contributed by atoms with Gasteiger partial charge in [0.1, 0.15) is 11.6 Å². The number of hydrogen-bond acceptors (Lipinski definition) is 9. The van der Waals surface area contributed by atoms with E-state index < -0.39 is 9.52 Å². The van der Waals surface area contributed by atoms with Crippen molar-refractivity contribution in [3.8, 4) is 22.9 Å². The van der Waals surface area contributed by atoms with E-state index in [-0.39, 0.29) is 28.5 Å². The fraction of sp³-hybridized carbons (Fsp3) is 0.500. The Morgan fingerprint density at radius 1 is 1.15 bits per heavy atom. The fourth-order valence-corrected chi connectivity index (χ4v) is 9.02.